The molecule has 3 N–H and O–H groups in total. The van der Waals surface area contributed by atoms with Crippen LogP contribution in [0.4, 0.5) is 0 Å². The number of aromatic amines is 1. The molecule has 2 heterocycles. The van der Waals surface area contributed by atoms with Gasteiger partial charge in [-0.15, -0.1) is 0 Å². The minimum atomic E-state index is -3.58. The van der Waals surface area contributed by atoms with E-state index in [1.54, 1.807) is 36.4 Å². The third-order valence-electron chi connectivity index (χ3n) is 8.59. The monoisotopic (exact) mass is 547 g/mol. The molecule has 0 bridgehead atoms. The van der Waals surface area contributed by atoms with Crippen LogP contribution < -0.4 is 10.6 Å². The van der Waals surface area contributed by atoms with E-state index in [1.807, 2.05) is 25.1 Å². The van der Waals surface area contributed by atoms with Gasteiger partial charge in [0.05, 0.1) is 9.79 Å². The average Bonchev–Trinajstić information content (AvgIpc) is 3.42. The highest BCUT2D eigenvalue weighted by molar-refractivity contribution is 7.91. The first-order valence-corrected chi connectivity index (χ1v) is 16.0. The van der Waals surface area contributed by atoms with Gasteiger partial charge in [-0.25, -0.2) is 8.42 Å². The summed E-state index contributed by atoms with van der Waals surface area (Å²) in [5.41, 5.74) is 5.12. The molecule has 39 heavy (non-hydrogen) atoms. The van der Waals surface area contributed by atoms with Gasteiger partial charge in [-0.2, -0.15) is 0 Å². The maximum Gasteiger partial charge on any atom is 0.267 e. The minimum absolute atomic E-state index is 0.0850. The Morgan fingerprint density at radius 1 is 0.846 bits per heavy atom. The molecule has 0 saturated heterocycles. The smallest absolute Gasteiger partial charge is 0.267 e. The molecule has 2 aromatic carbocycles. The van der Waals surface area contributed by atoms with Gasteiger partial charge in [-0.05, 0) is 66.3 Å². The largest absolute Gasteiger partial charge is 0.354 e. The summed E-state index contributed by atoms with van der Waals surface area (Å²) < 4.78 is 26.0. The number of hydrogen-bond acceptors (Lipinski definition) is 4. The standard InChI is InChI=1S/C32H41N3O3S/c1-2-24-10-14-27(15-11-24)39(37,38)28-16-12-25(13-17-28)21-34-31(36)29-20-26-22-33-23-32(30(26)35-29)18-8-6-4-3-5-7-9-19-32/h10-17,20,33,35H,2-9,18-19,21-23H2,1H3,(H,34,36). The molecule has 3 aromatic rings. The van der Waals surface area contributed by atoms with E-state index >= 15 is 0 Å². The second-order valence-corrected chi connectivity index (χ2v) is 13.2. The quantitative estimate of drug-likeness (QED) is 0.342. The molecule has 1 saturated carbocycles. The number of benzene rings is 2. The van der Waals surface area contributed by atoms with Crippen molar-refractivity contribution in [3.8, 4) is 0 Å². The van der Waals surface area contributed by atoms with Crippen molar-refractivity contribution in [2.75, 3.05) is 6.54 Å². The predicted octanol–water partition coefficient (Wildman–Crippen LogP) is 6.21. The van der Waals surface area contributed by atoms with E-state index in [2.05, 4.69) is 15.6 Å². The first-order valence-electron chi connectivity index (χ1n) is 14.6. The molecule has 7 heteroatoms. The zero-order valence-corrected chi connectivity index (χ0v) is 23.8. The molecule has 5 rings (SSSR count). The number of H-pyrrole nitrogens is 1. The number of carbonyl (C=O) groups excluding carboxylic acids is 1. The average molecular weight is 548 g/mol. The molecule has 1 aliphatic carbocycles. The summed E-state index contributed by atoms with van der Waals surface area (Å²) >= 11 is 0. The minimum Gasteiger partial charge on any atom is -0.354 e. The molecular weight excluding hydrogens is 506 g/mol. The Kier molecular flexibility index (Phi) is 8.57. The van der Waals surface area contributed by atoms with Gasteiger partial charge in [0.15, 0.2) is 0 Å². The number of sulfone groups is 1. The molecule has 1 fully saturated rings. The van der Waals surface area contributed by atoms with E-state index in [1.165, 1.54) is 56.2 Å². The summed E-state index contributed by atoms with van der Waals surface area (Å²) in [7, 11) is -3.58. The molecule has 0 unspecified atom stereocenters. The normalized spacial score (nSPS) is 17.9. The van der Waals surface area contributed by atoms with Crippen molar-refractivity contribution >= 4 is 15.7 Å². The van der Waals surface area contributed by atoms with Crippen molar-refractivity contribution in [1.82, 2.24) is 15.6 Å². The van der Waals surface area contributed by atoms with Gasteiger partial charge >= 0.3 is 0 Å². The molecule has 1 aliphatic heterocycles. The lowest BCUT2D eigenvalue weighted by atomic mass is 9.72. The van der Waals surface area contributed by atoms with E-state index in [0.717, 1.165) is 43.5 Å². The fourth-order valence-corrected chi connectivity index (χ4v) is 7.48. The van der Waals surface area contributed by atoms with Crippen molar-refractivity contribution in [1.29, 1.82) is 0 Å². The summed E-state index contributed by atoms with van der Waals surface area (Å²) in [6, 6.07) is 15.8. The Labute approximate surface area is 232 Å². The first-order chi connectivity index (χ1) is 18.9. The molecular formula is C32H41N3O3S. The number of nitrogens with one attached hydrogen (secondary N) is 3. The number of fused-ring (bicyclic) bond motifs is 2. The van der Waals surface area contributed by atoms with Gasteiger partial charge < -0.3 is 15.6 Å². The van der Waals surface area contributed by atoms with Crippen molar-refractivity contribution in [3.05, 3.63) is 82.7 Å². The van der Waals surface area contributed by atoms with Crippen molar-refractivity contribution in [3.63, 3.8) is 0 Å². The number of aryl methyl sites for hydroxylation is 1. The SMILES string of the molecule is CCc1ccc(S(=O)(=O)c2ccc(CNC(=O)c3cc4c([nH]3)C3(CCCCCCCCC3)CNC4)cc2)cc1. The fourth-order valence-electron chi connectivity index (χ4n) is 6.22. The van der Waals surface area contributed by atoms with E-state index in [0.29, 0.717) is 17.1 Å². The van der Waals surface area contributed by atoms with Gasteiger partial charge in [-0.3, -0.25) is 4.79 Å². The predicted molar refractivity (Wildman–Crippen MR) is 155 cm³/mol. The van der Waals surface area contributed by atoms with Crippen molar-refractivity contribution < 1.29 is 13.2 Å². The fraction of sp³-hybridized carbons (Fsp3) is 0.469. The Morgan fingerprint density at radius 3 is 2.00 bits per heavy atom. The van der Waals surface area contributed by atoms with Gasteiger partial charge in [0, 0.05) is 30.7 Å². The second kappa shape index (κ2) is 12.1. The molecule has 6 nitrogen and oxygen atoms in total. The highest BCUT2D eigenvalue weighted by Crippen LogP contribution is 2.40. The highest BCUT2D eigenvalue weighted by atomic mass is 32.2. The van der Waals surface area contributed by atoms with Crippen LogP contribution in [-0.2, 0) is 34.8 Å². The van der Waals surface area contributed by atoms with E-state index in [-0.39, 0.29) is 16.2 Å². The molecule has 1 spiro atoms. The lowest BCUT2D eigenvalue weighted by Crippen LogP contribution is -2.43. The summed E-state index contributed by atoms with van der Waals surface area (Å²) in [6.45, 7) is 4.13. The Balaban J connectivity index is 1.25. The van der Waals surface area contributed by atoms with Gasteiger partial charge in [0.2, 0.25) is 9.84 Å². The summed E-state index contributed by atoms with van der Waals surface area (Å²) in [6.07, 6.45) is 12.2. The first kappa shape index (κ1) is 27.7. The van der Waals surface area contributed by atoms with E-state index in [4.69, 9.17) is 0 Å². The maximum atomic E-state index is 13.1. The van der Waals surface area contributed by atoms with Crippen LogP contribution in [0, 0.1) is 0 Å². The van der Waals surface area contributed by atoms with Crippen LogP contribution in [0.15, 0.2) is 64.4 Å². The van der Waals surface area contributed by atoms with Crippen LogP contribution in [0.5, 0.6) is 0 Å². The maximum absolute atomic E-state index is 13.1. The third-order valence-corrected chi connectivity index (χ3v) is 10.4. The van der Waals surface area contributed by atoms with Gasteiger partial charge in [0.1, 0.15) is 5.69 Å². The second-order valence-electron chi connectivity index (χ2n) is 11.3. The van der Waals surface area contributed by atoms with E-state index in [9.17, 15) is 13.2 Å². The van der Waals surface area contributed by atoms with Crippen LogP contribution in [0.25, 0.3) is 0 Å². The Morgan fingerprint density at radius 2 is 1.41 bits per heavy atom. The molecule has 208 valence electrons. The number of aromatic nitrogens is 1. The van der Waals surface area contributed by atoms with Crippen LogP contribution in [-0.4, -0.2) is 25.9 Å². The van der Waals surface area contributed by atoms with Crippen molar-refractivity contribution in [2.45, 2.75) is 99.4 Å². The number of hydrogen-bond donors (Lipinski definition) is 3. The van der Waals surface area contributed by atoms with Crippen LogP contribution in [0.2, 0.25) is 0 Å². The molecule has 1 aromatic heterocycles. The van der Waals surface area contributed by atoms with Gasteiger partial charge in [-0.1, -0.05) is 76.1 Å². The van der Waals surface area contributed by atoms with E-state index < -0.39 is 9.84 Å². The van der Waals surface area contributed by atoms with Gasteiger partial charge in [0.25, 0.3) is 5.91 Å². The van der Waals surface area contributed by atoms with Crippen LogP contribution in [0.3, 0.4) is 0 Å². The Hall–Kier alpha value is -2.90. The topological polar surface area (TPSA) is 91.1 Å². The third kappa shape index (κ3) is 6.15. The lowest BCUT2D eigenvalue weighted by Gasteiger charge is -2.38. The number of rotatable bonds is 6. The molecule has 2 aliphatic rings. The molecule has 1 amide bonds. The Bertz CT molecular complexity index is 1370. The summed E-state index contributed by atoms with van der Waals surface area (Å²) in [5, 5.41) is 6.65. The number of carbonyl (C=O) groups is 1. The number of amides is 1. The highest BCUT2D eigenvalue weighted by Gasteiger charge is 2.38. The van der Waals surface area contributed by atoms with Crippen LogP contribution >= 0.6 is 0 Å². The summed E-state index contributed by atoms with van der Waals surface area (Å²) in [4.78, 5) is 17.2. The molecule has 0 atom stereocenters. The summed E-state index contributed by atoms with van der Waals surface area (Å²) in [5.74, 6) is -0.132. The zero-order chi connectivity index (χ0) is 27.3. The lowest BCUT2D eigenvalue weighted by molar-refractivity contribution is 0.0946. The molecule has 0 radical (unpaired) electrons. The van der Waals surface area contributed by atoms with Crippen molar-refractivity contribution in [2.24, 2.45) is 0 Å². The van der Waals surface area contributed by atoms with Crippen LogP contribution in [0.1, 0.15) is 97.6 Å². The zero-order valence-electron chi connectivity index (χ0n) is 23.0.